The van der Waals surface area contributed by atoms with Gasteiger partial charge in [-0.15, -0.1) is 20.4 Å². The molecule has 0 spiro atoms. The van der Waals surface area contributed by atoms with Crippen LogP contribution in [0.15, 0.2) is 109 Å². The lowest BCUT2D eigenvalue weighted by atomic mass is 9.84. The Bertz CT molecular complexity index is 2320. The molecule has 55 heavy (non-hydrogen) atoms. The summed E-state index contributed by atoms with van der Waals surface area (Å²) in [4.78, 5) is 14.9. The van der Waals surface area contributed by atoms with Crippen molar-refractivity contribution in [1.29, 1.82) is 0 Å². The molecule has 280 valence electrons. The van der Waals surface area contributed by atoms with Crippen LogP contribution < -0.4 is 16.4 Å². The van der Waals surface area contributed by atoms with Crippen LogP contribution in [0, 0.1) is 32.1 Å². The molecule has 9 nitrogen and oxygen atoms in total. The summed E-state index contributed by atoms with van der Waals surface area (Å²) in [6, 6.07) is 31.3. The third-order valence-corrected chi connectivity index (χ3v) is 9.31. The zero-order valence-electron chi connectivity index (χ0n) is 31.8. The van der Waals surface area contributed by atoms with Crippen molar-refractivity contribution in [1.82, 2.24) is 20.4 Å². The molecule has 0 unspecified atom stereocenters. The maximum Gasteiger partial charge on any atom is 0.248 e. The Morgan fingerprint density at radius 1 is 0.655 bits per heavy atom. The zero-order valence-corrected chi connectivity index (χ0v) is 31.8. The molecule has 2 heterocycles. The van der Waals surface area contributed by atoms with Crippen molar-refractivity contribution in [2.45, 2.75) is 52.4 Å². The number of amides is 1. The van der Waals surface area contributed by atoms with Gasteiger partial charge in [-0.1, -0.05) is 82.3 Å². The van der Waals surface area contributed by atoms with Crippen molar-refractivity contribution >= 4 is 23.2 Å². The summed E-state index contributed by atoms with van der Waals surface area (Å²) in [6.07, 6.45) is 0. The van der Waals surface area contributed by atoms with E-state index in [2.05, 4.69) is 63.6 Å². The summed E-state index contributed by atoms with van der Waals surface area (Å²) in [5.41, 5.74) is 13.1. The van der Waals surface area contributed by atoms with Gasteiger partial charge in [0.2, 0.25) is 5.91 Å². The minimum absolute atomic E-state index is 0.189. The predicted octanol–water partition coefficient (Wildman–Crippen LogP) is 9.61. The van der Waals surface area contributed by atoms with Gasteiger partial charge in [0.25, 0.3) is 0 Å². The number of hydrogen-bond donors (Lipinski definition) is 3. The first-order chi connectivity index (χ1) is 26.1. The maximum atomic E-state index is 13.2. The Balaban J connectivity index is 0.000000211. The van der Waals surface area contributed by atoms with Gasteiger partial charge in [0.1, 0.15) is 23.3 Å². The van der Waals surface area contributed by atoms with Crippen LogP contribution in [0.3, 0.4) is 0 Å². The van der Waals surface area contributed by atoms with Crippen molar-refractivity contribution in [2.75, 3.05) is 23.7 Å². The molecule has 0 fully saturated rings. The number of nitrogens with one attached hydrogen (secondary N) is 2. The number of carbonyl (C=O) groups is 1. The van der Waals surface area contributed by atoms with Crippen molar-refractivity contribution in [3.63, 3.8) is 0 Å². The molecule has 2 aromatic heterocycles. The average Bonchev–Trinajstić information content (AvgIpc) is 3.17. The number of aryl methyl sites for hydroxylation is 2. The van der Waals surface area contributed by atoms with E-state index in [9.17, 15) is 13.6 Å². The summed E-state index contributed by atoms with van der Waals surface area (Å²) in [5.74, 6) is 0.385. The standard InChI is InChI=1S/C22H23FN4O.C22H21FN4/c1-14-11-19(25-13-22(2,3)17-7-9-18(23)10-8-17)26-27-20(14)15-5-4-6-16(12-15)21(24)28;1-15-12-20(25-14-22(2,3)17-8-10-18(23)11-9-17)26-27-21(15)16-6-5-7-19(13-16)24-4/h4-12H,13H2,1-3H3,(H2,24,28)(H,25,26);5-13H,14H2,1-3H3,(H,25,26). The number of halogens is 2. The Hall–Kier alpha value is -6.54. The second kappa shape index (κ2) is 17.1. The molecule has 0 saturated heterocycles. The van der Waals surface area contributed by atoms with Gasteiger partial charge in [-0.05, 0) is 96.3 Å². The molecule has 0 saturated carbocycles. The molecule has 6 rings (SSSR count). The van der Waals surface area contributed by atoms with Crippen molar-refractivity contribution in [3.05, 3.63) is 160 Å². The van der Waals surface area contributed by atoms with Crippen LogP contribution in [-0.2, 0) is 10.8 Å². The number of anilines is 2. The quantitative estimate of drug-likeness (QED) is 0.113. The fourth-order valence-electron chi connectivity index (χ4n) is 5.89. The van der Waals surface area contributed by atoms with Gasteiger partial charge in [0.15, 0.2) is 5.69 Å². The number of nitrogens with two attached hydrogens (primary N) is 1. The minimum atomic E-state index is -0.478. The molecule has 0 bridgehead atoms. The summed E-state index contributed by atoms with van der Waals surface area (Å²) < 4.78 is 26.3. The molecule has 0 aliphatic carbocycles. The van der Waals surface area contributed by atoms with E-state index in [1.54, 1.807) is 48.5 Å². The van der Waals surface area contributed by atoms with E-state index in [-0.39, 0.29) is 22.5 Å². The molecule has 0 aliphatic heterocycles. The molecular weight excluding hydrogens is 695 g/mol. The Kier molecular flexibility index (Phi) is 12.3. The van der Waals surface area contributed by atoms with Crippen LogP contribution in [0.4, 0.5) is 26.1 Å². The van der Waals surface area contributed by atoms with E-state index in [1.165, 1.54) is 24.3 Å². The van der Waals surface area contributed by atoms with E-state index in [0.717, 1.165) is 39.1 Å². The first kappa shape index (κ1) is 39.7. The predicted molar refractivity (Wildman–Crippen MR) is 215 cm³/mol. The molecule has 4 N–H and O–H groups in total. The number of nitrogens with zero attached hydrogens (tertiary/aromatic N) is 5. The number of aromatic nitrogens is 4. The Labute approximate surface area is 320 Å². The average molecular weight is 739 g/mol. The van der Waals surface area contributed by atoms with E-state index in [0.29, 0.717) is 41.7 Å². The van der Waals surface area contributed by atoms with E-state index >= 15 is 0 Å². The lowest BCUT2D eigenvalue weighted by Gasteiger charge is -2.26. The Morgan fingerprint density at radius 2 is 1.09 bits per heavy atom. The molecule has 1 amide bonds. The van der Waals surface area contributed by atoms with Gasteiger partial charge in [-0.25, -0.2) is 13.6 Å². The van der Waals surface area contributed by atoms with Crippen molar-refractivity contribution < 1.29 is 13.6 Å². The molecule has 0 atom stereocenters. The van der Waals surface area contributed by atoms with E-state index in [1.807, 2.05) is 50.2 Å². The summed E-state index contributed by atoms with van der Waals surface area (Å²) in [6.45, 7) is 20.7. The molecular formula is C44H44F2N8O. The molecule has 4 aromatic carbocycles. The molecule has 6 aromatic rings. The van der Waals surface area contributed by atoms with Crippen molar-refractivity contribution in [3.8, 4) is 22.5 Å². The number of primary amides is 1. The lowest BCUT2D eigenvalue weighted by molar-refractivity contribution is 0.1000. The highest BCUT2D eigenvalue weighted by Gasteiger charge is 2.22. The maximum absolute atomic E-state index is 13.2. The largest absolute Gasteiger partial charge is 0.368 e. The lowest BCUT2D eigenvalue weighted by Crippen LogP contribution is -2.28. The van der Waals surface area contributed by atoms with Crippen molar-refractivity contribution in [2.24, 2.45) is 5.73 Å². The van der Waals surface area contributed by atoms with Gasteiger partial charge in [-0.3, -0.25) is 4.79 Å². The van der Waals surface area contributed by atoms with Crippen LogP contribution in [-0.4, -0.2) is 39.4 Å². The second-order valence-electron chi connectivity index (χ2n) is 14.6. The van der Waals surface area contributed by atoms with Gasteiger partial charge in [0, 0.05) is 35.0 Å². The highest BCUT2D eigenvalue weighted by molar-refractivity contribution is 5.94. The first-order valence-electron chi connectivity index (χ1n) is 17.7. The van der Waals surface area contributed by atoms with Crippen LogP contribution in [0.25, 0.3) is 27.4 Å². The van der Waals surface area contributed by atoms with E-state index < -0.39 is 5.91 Å². The van der Waals surface area contributed by atoms with E-state index in [4.69, 9.17) is 12.3 Å². The fourth-order valence-corrected chi connectivity index (χ4v) is 5.89. The fraction of sp³-hybridized carbons (Fsp3) is 0.227. The minimum Gasteiger partial charge on any atom is -0.368 e. The normalized spacial score (nSPS) is 11.2. The van der Waals surface area contributed by atoms with Gasteiger partial charge in [-0.2, -0.15) is 0 Å². The van der Waals surface area contributed by atoms with Crippen LogP contribution in [0.2, 0.25) is 0 Å². The van der Waals surface area contributed by atoms with Crippen LogP contribution in [0.1, 0.15) is 60.3 Å². The van der Waals surface area contributed by atoms with Gasteiger partial charge >= 0.3 is 0 Å². The van der Waals surface area contributed by atoms with Gasteiger partial charge < -0.3 is 16.4 Å². The van der Waals surface area contributed by atoms with Gasteiger partial charge in [0.05, 0.1) is 18.0 Å². The third kappa shape index (κ3) is 10.3. The molecule has 0 radical (unpaired) electrons. The highest BCUT2D eigenvalue weighted by atomic mass is 19.1. The monoisotopic (exact) mass is 738 g/mol. The summed E-state index contributed by atoms with van der Waals surface area (Å²) in [5, 5.41) is 23.8. The smallest absolute Gasteiger partial charge is 0.248 e. The summed E-state index contributed by atoms with van der Waals surface area (Å²) in [7, 11) is 0. The first-order valence-corrected chi connectivity index (χ1v) is 17.7. The zero-order chi connectivity index (χ0) is 39.8. The number of rotatable bonds is 11. The second-order valence-corrected chi connectivity index (χ2v) is 14.6. The molecule has 0 aliphatic rings. The van der Waals surface area contributed by atoms with Crippen LogP contribution in [0.5, 0.6) is 0 Å². The highest BCUT2D eigenvalue weighted by Crippen LogP contribution is 2.29. The SMILES string of the molecule is Cc1cc(NCC(C)(C)c2ccc(F)cc2)nnc1-c1cccc(C(N)=O)c1.[C-]#[N+]c1cccc(-c2nnc(NCC(C)(C)c3ccc(F)cc3)cc2C)c1. The number of carbonyl (C=O) groups excluding carboxylic acids is 1. The molecule has 11 heteroatoms. The van der Waals surface area contributed by atoms with Crippen LogP contribution >= 0.6 is 0 Å². The Morgan fingerprint density at radius 3 is 1.51 bits per heavy atom. The topological polar surface area (TPSA) is 123 Å². The third-order valence-electron chi connectivity index (χ3n) is 9.31. The number of benzene rings is 4. The summed E-state index contributed by atoms with van der Waals surface area (Å²) >= 11 is 0. The number of hydrogen-bond acceptors (Lipinski definition) is 7.